The van der Waals surface area contributed by atoms with Gasteiger partial charge in [0.25, 0.3) is 0 Å². The van der Waals surface area contributed by atoms with E-state index in [2.05, 4.69) is 5.32 Å². The monoisotopic (exact) mass is 239 g/mol. The maximum absolute atomic E-state index is 10.6. The van der Waals surface area contributed by atoms with Crippen LogP contribution < -0.4 is 5.32 Å². The molecule has 0 aromatic carbocycles. The van der Waals surface area contributed by atoms with Gasteiger partial charge < -0.3 is 5.32 Å². The zero-order chi connectivity index (χ0) is 7.28. The van der Waals surface area contributed by atoms with Gasteiger partial charge in [0.05, 0.1) is 22.9 Å². The molecule has 0 aromatic rings. The number of amides is 2. The van der Waals surface area contributed by atoms with Crippen LogP contribution in [0.1, 0.15) is 6.92 Å². The molecule has 0 atom stereocenters. The molecule has 0 spiro atoms. The smallest absolute Gasteiger partial charge is 0.337 e. The number of nitrogens with one attached hydrogen (secondary N) is 1. The van der Waals surface area contributed by atoms with Crippen LogP contribution in [0.25, 0.3) is 0 Å². The van der Waals surface area contributed by atoms with Gasteiger partial charge in [-0.05, 0) is 6.92 Å². The first-order valence-corrected chi connectivity index (χ1v) is 3.32. The van der Waals surface area contributed by atoms with Crippen LogP contribution in [-0.4, -0.2) is 15.7 Å². The Balaban J connectivity index is 3.63. The van der Waals surface area contributed by atoms with Gasteiger partial charge in [0, 0.05) is 6.54 Å². The first-order chi connectivity index (χ1) is 4.22. The zero-order valence-electron chi connectivity index (χ0n) is 4.89. The third-order valence-corrected chi connectivity index (χ3v) is 1.25. The highest BCUT2D eigenvalue weighted by Crippen LogP contribution is 1.94. The van der Waals surface area contributed by atoms with Crippen molar-refractivity contribution in [2.45, 2.75) is 6.92 Å². The molecule has 0 rings (SSSR count). The van der Waals surface area contributed by atoms with Crippen LogP contribution in [-0.2, 0) is 0 Å². The molecule has 0 saturated heterocycles. The van der Waals surface area contributed by atoms with Gasteiger partial charge in [-0.3, -0.25) is 0 Å². The number of carbonyl (C=O) groups is 1. The summed E-state index contributed by atoms with van der Waals surface area (Å²) in [5.41, 5.74) is 0. The van der Waals surface area contributed by atoms with Crippen molar-refractivity contribution in [1.29, 1.82) is 5.26 Å². The van der Waals surface area contributed by atoms with Gasteiger partial charge in [-0.25, -0.2) is 4.79 Å². The molecule has 0 aliphatic rings. The molecule has 0 aliphatic heterocycles. The molecule has 0 heterocycles. The van der Waals surface area contributed by atoms with E-state index >= 15 is 0 Å². The summed E-state index contributed by atoms with van der Waals surface area (Å²) in [6.45, 7) is 2.33. The summed E-state index contributed by atoms with van der Waals surface area (Å²) >= 11 is 1.62. The molecule has 0 aromatic heterocycles. The average Bonchev–Trinajstić information content (AvgIpc) is 1.87. The number of carbonyl (C=O) groups excluding carboxylic acids is 1. The fraction of sp³-hybridized carbons (Fsp3) is 0.500. The molecule has 0 saturated carbocycles. The number of halogens is 1. The average molecular weight is 239 g/mol. The van der Waals surface area contributed by atoms with Gasteiger partial charge >= 0.3 is 6.03 Å². The number of nitrogens with zero attached hydrogens (tertiary/aromatic N) is 2. The first kappa shape index (κ1) is 8.49. The van der Waals surface area contributed by atoms with Crippen LogP contribution in [0.2, 0.25) is 0 Å². The summed E-state index contributed by atoms with van der Waals surface area (Å²) in [5, 5.41) is 10.6. The molecule has 4 nitrogen and oxygen atoms in total. The molecular weight excluding hydrogens is 233 g/mol. The Kier molecular flexibility index (Phi) is 4.13. The standard InChI is InChI=1S/C4H6IN3O/c1-2-7-4(9)8(5)3-6/h2H2,1H3,(H,7,9). The Morgan fingerprint density at radius 1 is 2.00 bits per heavy atom. The first-order valence-electron chi connectivity index (χ1n) is 2.35. The Morgan fingerprint density at radius 3 is 2.89 bits per heavy atom. The van der Waals surface area contributed by atoms with Crippen LogP contribution >= 0.6 is 22.9 Å². The molecule has 5 heteroatoms. The highest BCUT2D eigenvalue weighted by atomic mass is 127. The summed E-state index contributed by atoms with van der Waals surface area (Å²) in [6.07, 6.45) is 1.66. The van der Waals surface area contributed by atoms with Crippen LogP contribution in [0, 0.1) is 11.5 Å². The van der Waals surface area contributed by atoms with E-state index in [4.69, 9.17) is 5.26 Å². The highest BCUT2D eigenvalue weighted by Gasteiger charge is 2.04. The predicted molar refractivity (Wildman–Crippen MR) is 40.5 cm³/mol. The fourth-order valence-electron chi connectivity index (χ4n) is 0.266. The van der Waals surface area contributed by atoms with Crippen molar-refractivity contribution in [2.75, 3.05) is 6.54 Å². The largest absolute Gasteiger partial charge is 0.339 e. The molecule has 0 fully saturated rings. The van der Waals surface area contributed by atoms with Crippen molar-refractivity contribution < 1.29 is 4.79 Å². The van der Waals surface area contributed by atoms with Gasteiger partial charge in [-0.2, -0.15) is 8.38 Å². The van der Waals surface area contributed by atoms with Crippen molar-refractivity contribution in [1.82, 2.24) is 8.43 Å². The van der Waals surface area contributed by atoms with Crippen LogP contribution in [0.4, 0.5) is 4.79 Å². The summed E-state index contributed by atoms with van der Waals surface area (Å²) in [5.74, 6) is 0. The lowest BCUT2D eigenvalue weighted by Crippen LogP contribution is -2.30. The van der Waals surface area contributed by atoms with Gasteiger partial charge in [-0.1, -0.05) is 0 Å². The van der Waals surface area contributed by atoms with Crippen LogP contribution in [0.15, 0.2) is 0 Å². The van der Waals surface area contributed by atoms with E-state index in [0.29, 0.717) is 6.54 Å². The third-order valence-electron chi connectivity index (χ3n) is 0.594. The van der Waals surface area contributed by atoms with Crippen LogP contribution in [0.5, 0.6) is 0 Å². The number of hydrogen-bond acceptors (Lipinski definition) is 2. The van der Waals surface area contributed by atoms with E-state index in [0.717, 1.165) is 3.11 Å². The minimum absolute atomic E-state index is 0.374. The normalized spacial score (nSPS) is 7.67. The Bertz CT molecular complexity index is 141. The van der Waals surface area contributed by atoms with E-state index in [1.165, 1.54) is 0 Å². The van der Waals surface area contributed by atoms with Crippen LogP contribution in [0.3, 0.4) is 0 Å². The highest BCUT2D eigenvalue weighted by molar-refractivity contribution is 14.1. The van der Waals surface area contributed by atoms with E-state index in [-0.39, 0.29) is 6.03 Å². The molecule has 1 N–H and O–H groups in total. The number of urea groups is 1. The number of rotatable bonds is 1. The minimum atomic E-state index is -0.374. The second-order valence-corrected chi connectivity index (χ2v) is 2.18. The zero-order valence-corrected chi connectivity index (χ0v) is 7.05. The Labute approximate surface area is 67.3 Å². The fourth-order valence-corrected chi connectivity index (χ4v) is 0.437. The van der Waals surface area contributed by atoms with Gasteiger partial charge in [0.2, 0.25) is 0 Å². The predicted octanol–water partition coefficient (Wildman–Crippen LogP) is 0.849. The van der Waals surface area contributed by atoms with Gasteiger partial charge in [0.1, 0.15) is 0 Å². The summed E-state index contributed by atoms with van der Waals surface area (Å²) < 4.78 is 0.904. The van der Waals surface area contributed by atoms with E-state index in [9.17, 15) is 4.79 Å². The Hall–Kier alpha value is -0.510. The van der Waals surface area contributed by atoms with E-state index < -0.39 is 0 Å². The maximum atomic E-state index is 10.6. The molecule has 2 amide bonds. The SMILES string of the molecule is CCNC(=O)N(I)C#N. The van der Waals surface area contributed by atoms with E-state index in [1.807, 2.05) is 0 Å². The van der Waals surface area contributed by atoms with Crippen molar-refractivity contribution in [3.05, 3.63) is 0 Å². The quantitative estimate of drug-likeness (QED) is 0.319. The Morgan fingerprint density at radius 2 is 2.56 bits per heavy atom. The lowest BCUT2D eigenvalue weighted by Gasteiger charge is -2.02. The lowest BCUT2D eigenvalue weighted by molar-refractivity contribution is 0.237. The molecule has 0 aliphatic carbocycles. The summed E-state index contributed by atoms with van der Waals surface area (Å²) in [4.78, 5) is 10.6. The maximum Gasteiger partial charge on any atom is 0.339 e. The number of nitriles is 1. The molecule has 0 unspecified atom stereocenters. The topological polar surface area (TPSA) is 56.1 Å². The third kappa shape index (κ3) is 3.13. The molecule has 50 valence electrons. The van der Waals surface area contributed by atoms with Gasteiger partial charge in [0.15, 0.2) is 6.19 Å². The van der Waals surface area contributed by atoms with Crippen molar-refractivity contribution in [3.8, 4) is 6.19 Å². The van der Waals surface area contributed by atoms with Crippen molar-refractivity contribution >= 4 is 28.9 Å². The number of hydrogen-bond donors (Lipinski definition) is 1. The van der Waals surface area contributed by atoms with Gasteiger partial charge in [-0.15, -0.1) is 0 Å². The summed E-state index contributed by atoms with van der Waals surface area (Å²) in [7, 11) is 0. The minimum Gasteiger partial charge on any atom is -0.337 e. The second kappa shape index (κ2) is 4.38. The lowest BCUT2D eigenvalue weighted by atomic mass is 10.7. The molecule has 0 radical (unpaired) electrons. The van der Waals surface area contributed by atoms with E-state index in [1.54, 1.807) is 36.0 Å². The molecular formula is C4H6IN3O. The molecule has 0 bridgehead atoms. The second-order valence-electron chi connectivity index (χ2n) is 1.22. The molecule has 9 heavy (non-hydrogen) atoms. The van der Waals surface area contributed by atoms with Crippen molar-refractivity contribution in [3.63, 3.8) is 0 Å². The summed E-state index contributed by atoms with van der Waals surface area (Å²) in [6, 6.07) is -0.374. The van der Waals surface area contributed by atoms with Crippen molar-refractivity contribution in [2.24, 2.45) is 0 Å².